The zero-order valence-corrected chi connectivity index (χ0v) is 49.7. The Hall–Kier alpha value is -3.16. The van der Waals surface area contributed by atoms with Gasteiger partial charge in [-0.15, -0.1) is 105 Å². The fourth-order valence-corrected chi connectivity index (χ4v) is 6.10. The molecule has 0 aliphatic rings. The van der Waals surface area contributed by atoms with E-state index < -0.39 is 12.8 Å². The SMILES string of the molecule is C.C.C.C.C.C.C.C.C.C.C.C.C.C.C.C=C.C=C.C=C.C=C.C=C.C=C.C=C.C=C.OCCCOCCN(CCOCCCO)CCN(CCN(CCOCCCO)CCOCCOCCO)CN(CCN(CCOOO)CCOOO)CCN(CCOOO)C(CO)OO. The molecule has 0 aromatic carbocycles. The van der Waals surface area contributed by atoms with Crippen LogP contribution < -0.4 is 0 Å². The van der Waals surface area contributed by atoms with Crippen molar-refractivity contribution in [3.05, 3.63) is 105 Å². The third kappa shape index (κ3) is 134. The van der Waals surface area contributed by atoms with Crippen LogP contribution in [0, 0.1) is 0 Å². The molecule has 0 saturated carbocycles. The maximum Gasteiger partial charge on any atom is 0.169 e. The van der Waals surface area contributed by atoms with E-state index in [1.54, 1.807) is 4.90 Å². The first-order chi connectivity index (χ1) is 40.0. The third-order valence-electron chi connectivity index (χ3n) is 9.74. The lowest BCUT2D eigenvalue weighted by molar-refractivity contribution is -0.493. The van der Waals surface area contributed by atoms with Crippen LogP contribution in [0.2, 0.25) is 0 Å². The van der Waals surface area contributed by atoms with Gasteiger partial charge in [-0.2, -0.15) is 0 Å². The molecule has 27 nitrogen and oxygen atoms in total. The van der Waals surface area contributed by atoms with Crippen LogP contribution in [0.5, 0.6) is 0 Å². The quantitative estimate of drug-likeness (QED) is 0.00898. The maximum atomic E-state index is 9.98. The second-order valence-electron chi connectivity index (χ2n) is 14.4. The molecule has 27 heteroatoms. The van der Waals surface area contributed by atoms with Crippen molar-refractivity contribution in [1.82, 2.24) is 29.4 Å². The first kappa shape index (κ1) is 165. The summed E-state index contributed by atoms with van der Waals surface area (Å²) in [6, 6.07) is 0. The van der Waals surface area contributed by atoms with Crippen LogP contribution in [0.15, 0.2) is 105 Å². The van der Waals surface area contributed by atoms with Gasteiger partial charge in [0.1, 0.15) is 0 Å². The molecule has 0 aromatic heterocycles. The van der Waals surface area contributed by atoms with E-state index in [-0.39, 0.29) is 177 Å². The number of aliphatic hydroxyl groups is 5. The first-order valence-corrected chi connectivity index (χ1v) is 26.3. The van der Waals surface area contributed by atoms with Crippen LogP contribution in [-0.2, 0) is 58.3 Å². The molecule has 1 atom stereocenters. The van der Waals surface area contributed by atoms with E-state index in [9.17, 15) is 25.7 Å². The lowest BCUT2D eigenvalue weighted by Gasteiger charge is -2.36. The van der Waals surface area contributed by atoms with Gasteiger partial charge in [0.15, 0.2) is 6.23 Å². The summed E-state index contributed by atoms with van der Waals surface area (Å²) in [5, 5.41) is 93.8. The predicted octanol–water partition coefficient (Wildman–Crippen LogP) is 13.0. The van der Waals surface area contributed by atoms with E-state index in [4.69, 9.17) is 54.3 Å². The highest BCUT2D eigenvalue weighted by Gasteiger charge is 2.22. The van der Waals surface area contributed by atoms with E-state index in [1.165, 1.54) is 0 Å². The summed E-state index contributed by atoms with van der Waals surface area (Å²) in [4.78, 5) is 31.1. The molecule has 0 heterocycles. The molecule has 0 saturated heterocycles. The van der Waals surface area contributed by atoms with Gasteiger partial charge in [-0.1, -0.05) is 127 Å². The van der Waals surface area contributed by atoms with E-state index in [1.807, 2.05) is 4.90 Å². The van der Waals surface area contributed by atoms with Crippen molar-refractivity contribution in [2.45, 2.75) is 137 Å². The van der Waals surface area contributed by atoms with E-state index in [0.29, 0.717) is 170 Å². The highest BCUT2D eigenvalue weighted by atomic mass is 17.5. The van der Waals surface area contributed by atoms with Gasteiger partial charge in [-0.3, -0.25) is 34.7 Å². The molecular formula is C69H176N6O21. The molecule has 0 bridgehead atoms. The lowest BCUT2D eigenvalue weighted by Crippen LogP contribution is -2.51. The maximum absolute atomic E-state index is 9.98. The number of rotatable bonds is 55. The van der Waals surface area contributed by atoms with Crippen molar-refractivity contribution in [1.29, 1.82) is 0 Å². The van der Waals surface area contributed by atoms with Crippen LogP contribution >= 0.6 is 0 Å². The Kier molecular flexibility index (Phi) is 292. The second-order valence-corrected chi connectivity index (χ2v) is 14.4. The fourth-order valence-electron chi connectivity index (χ4n) is 6.10. The van der Waals surface area contributed by atoms with E-state index in [2.05, 4.69) is 150 Å². The summed E-state index contributed by atoms with van der Waals surface area (Å²) in [5.74, 6) is 0. The molecule has 0 fully saturated rings. The summed E-state index contributed by atoms with van der Waals surface area (Å²) < 4.78 is 28.5. The summed E-state index contributed by atoms with van der Waals surface area (Å²) in [6.07, 6.45) is 0.484. The number of hydrogen-bond donors (Lipinski definition) is 9. The summed E-state index contributed by atoms with van der Waals surface area (Å²) >= 11 is 0. The molecule has 96 heavy (non-hydrogen) atoms. The van der Waals surface area contributed by atoms with Crippen molar-refractivity contribution >= 4 is 0 Å². The van der Waals surface area contributed by atoms with Crippen LogP contribution in [0.25, 0.3) is 0 Å². The largest absolute Gasteiger partial charge is 0.396 e. The number of ether oxygens (including phenoxy) is 5. The first-order valence-electron chi connectivity index (χ1n) is 26.3. The summed E-state index contributed by atoms with van der Waals surface area (Å²) in [5.41, 5.74) is 0. The molecule has 0 aliphatic heterocycles. The third-order valence-corrected chi connectivity index (χ3v) is 9.74. The van der Waals surface area contributed by atoms with Gasteiger partial charge in [0, 0.05) is 138 Å². The molecule has 1 unspecified atom stereocenters. The van der Waals surface area contributed by atoms with Gasteiger partial charge in [-0.25, -0.2) is 35.3 Å². The average molecular weight is 1430 g/mol. The second kappa shape index (κ2) is 170. The number of aliphatic hydroxyl groups excluding tert-OH is 5. The van der Waals surface area contributed by atoms with Gasteiger partial charge in [-0.05, 0) is 19.3 Å². The van der Waals surface area contributed by atoms with Gasteiger partial charge in [0.2, 0.25) is 0 Å². The molecule has 0 radical (unpaired) electrons. The Bertz CT molecular complexity index is 1030. The Morgan fingerprint density at radius 1 is 0.240 bits per heavy atom. The predicted molar refractivity (Wildman–Crippen MR) is 420 cm³/mol. The van der Waals surface area contributed by atoms with Crippen molar-refractivity contribution < 1.29 is 105 Å². The topological polar surface area (TPSA) is 312 Å². The Morgan fingerprint density at radius 2 is 0.469 bits per heavy atom. The smallest absolute Gasteiger partial charge is 0.169 e. The summed E-state index contributed by atoms with van der Waals surface area (Å²) in [6.45, 7) is 59.0. The molecule has 0 amide bonds. The van der Waals surface area contributed by atoms with Gasteiger partial charge >= 0.3 is 0 Å². The average Bonchev–Trinajstić information content (AvgIpc) is 2.98. The molecule has 608 valence electrons. The standard InChI is InChI=1S/C38H84N6O21.8C2H4.15CH4/c45-19-1-23-54-26-12-39(13-27-55-24-2-20-46)4-7-42(8-5-40(14-28-56-25-3-21-47)15-29-57-34-35-58-33-22-48)37-43(9-6-41(16-30-59-63-51)17-31-60-64-52)10-11-44(18-32-61-65-53)38(36-49)62-50;8*1-2;;;;;;;;;;;;;;;/h38,45-53H,1-37H2;8*1-2H2;15*1H4. The van der Waals surface area contributed by atoms with E-state index >= 15 is 0 Å². The minimum absolute atomic E-state index is 0. The van der Waals surface area contributed by atoms with Gasteiger partial charge < -0.3 is 49.2 Å². The van der Waals surface area contributed by atoms with Crippen molar-refractivity contribution in [3.8, 4) is 0 Å². The Balaban J connectivity index is -0.0000000704. The van der Waals surface area contributed by atoms with Gasteiger partial charge in [0.25, 0.3) is 0 Å². The lowest BCUT2D eigenvalue weighted by atomic mass is 10.3. The Labute approximate surface area is 598 Å². The molecule has 0 spiro atoms. The van der Waals surface area contributed by atoms with Crippen LogP contribution in [-0.4, -0.2) is 306 Å². The van der Waals surface area contributed by atoms with Crippen LogP contribution in [0.1, 0.15) is 131 Å². The minimum atomic E-state index is -1.11. The summed E-state index contributed by atoms with van der Waals surface area (Å²) in [7, 11) is 0. The number of nitrogens with zero attached hydrogens (tertiary/aromatic N) is 6. The van der Waals surface area contributed by atoms with Crippen LogP contribution in [0.3, 0.4) is 0 Å². The normalized spacial score (nSPS) is 8.99. The molecule has 9 N–H and O–H groups in total. The molecule has 0 aromatic rings. The fraction of sp³-hybridized carbons (Fsp3) is 0.768. The zero-order valence-electron chi connectivity index (χ0n) is 49.7. The molecule has 0 aliphatic carbocycles. The zero-order chi connectivity index (χ0) is 63.7. The van der Waals surface area contributed by atoms with Crippen molar-refractivity contribution in [2.75, 3.05) is 224 Å². The molecular weight excluding hydrogens is 1250 g/mol. The highest BCUT2D eigenvalue weighted by Crippen LogP contribution is 2.06. The van der Waals surface area contributed by atoms with E-state index in [0.717, 1.165) is 0 Å². The van der Waals surface area contributed by atoms with Crippen LogP contribution in [0.4, 0.5) is 0 Å². The van der Waals surface area contributed by atoms with Crippen molar-refractivity contribution in [2.24, 2.45) is 0 Å². The molecule has 0 rings (SSSR count). The van der Waals surface area contributed by atoms with Crippen molar-refractivity contribution in [3.63, 3.8) is 0 Å². The highest BCUT2D eigenvalue weighted by molar-refractivity contribution is 4.73. The minimum Gasteiger partial charge on any atom is -0.396 e. The number of hydrogen-bond acceptors (Lipinski definition) is 27. The van der Waals surface area contributed by atoms with Gasteiger partial charge in [0.05, 0.1) is 86.0 Å². The monoisotopic (exact) mass is 1430 g/mol. The Morgan fingerprint density at radius 3 is 0.708 bits per heavy atom.